The molecule has 4 amide bonds. The van der Waals surface area contributed by atoms with E-state index in [1.165, 1.54) is 37.5 Å². The summed E-state index contributed by atoms with van der Waals surface area (Å²) >= 11 is 1.87. The Morgan fingerprint density at radius 2 is 1.61 bits per heavy atom. The summed E-state index contributed by atoms with van der Waals surface area (Å²) in [5, 5.41) is 24.8. The third-order valence-corrected chi connectivity index (χ3v) is 7.37. The van der Waals surface area contributed by atoms with Crippen molar-refractivity contribution in [2.45, 2.75) is 6.61 Å². The van der Waals surface area contributed by atoms with Crippen molar-refractivity contribution in [3.63, 3.8) is 0 Å². The Bertz CT molecular complexity index is 1910. The number of nitro benzene ring substituents is 2. The lowest BCUT2D eigenvalue weighted by Gasteiger charge is -2.26. The Hall–Kier alpha value is -5.84. The molecule has 14 nitrogen and oxygen atoms in total. The van der Waals surface area contributed by atoms with Crippen molar-refractivity contribution in [1.29, 1.82) is 0 Å². The van der Waals surface area contributed by atoms with Gasteiger partial charge in [-0.15, -0.1) is 0 Å². The fourth-order valence-electron chi connectivity index (χ4n) is 4.37. The average Bonchev–Trinajstić information content (AvgIpc) is 3.04. The van der Waals surface area contributed by atoms with Crippen LogP contribution in [0.4, 0.5) is 21.9 Å². The molecule has 1 aliphatic heterocycles. The van der Waals surface area contributed by atoms with Crippen LogP contribution in [0.15, 0.2) is 90.5 Å². The summed E-state index contributed by atoms with van der Waals surface area (Å²) in [4.78, 5) is 60.8. The predicted octanol–water partition coefficient (Wildman–Crippen LogP) is 6.15. The molecule has 0 aromatic heterocycles. The monoisotopic (exact) mass is 736 g/mol. The molecule has 4 aromatic rings. The normalized spacial score (nSPS) is 13.7. The van der Waals surface area contributed by atoms with Crippen LogP contribution >= 0.6 is 22.6 Å². The van der Waals surface area contributed by atoms with Crippen LogP contribution < -0.4 is 24.4 Å². The first kappa shape index (κ1) is 31.6. The quantitative estimate of drug-likeness (QED) is 0.0652. The van der Waals surface area contributed by atoms with Crippen molar-refractivity contribution in [2.24, 2.45) is 0 Å². The van der Waals surface area contributed by atoms with Gasteiger partial charge >= 0.3 is 11.7 Å². The molecule has 232 valence electrons. The number of amides is 4. The second-order valence-electron chi connectivity index (χ2n) is 9.53. The topological polar surface area (TPSA) is 180 Å². The highest BCUT2D eigenvalue weighted by atomic mass is 127. The predicted molar refractivity (Wildman–Crippen MR) is 172 cm³/mol. The highest BCUT2D eigenvalue weighted by molar-refractivity contribution is 14.1. The smallest absolute Gasteiger partial charge is 0.335 e. The minimum absolute atomic E-state index is 0.0491. The largest absolute Gasteiger partial charge is 0.493 e. The maximum absolute atomic E-state index is 13.4. The molecule has 5 rings (SSSR count). The van der Waals surface area contributed by atoms with E-state index >= 15 is 0 Å². The highest BCUT2D eigenvalue weighted by Gasteiger charge is 2.37. The lowest BCUT2D eigenvalue weighted by Crippen LogP contribution is -2.54. The first-order chi connectivity index (χ1) is 22.0. The van der Waals surface area contributed by atoms with Crippen LogP contribution in [0.3, 0.4) is 0 Å². The molecule has 46 heavy (non-hydrogen) atoms. The van der Waals surface area contributed by atoms with Crippen LogP contribution in [-0.2, 0) is 16.2 Å². The van der Waals surface area contributed by atoms with E-state index in [0.717, 1.165) is 28.7 Å². The van der Waals surface area contributed by atoms with Gasteiger partial charge in [0.05, 0.1) is 32.3 Å². The average molecular weight is 736 g/mol. The summed E-state index contributed by atoms with van der Waals surface area (Å²) < 4.78 is 17.3. The molecular formula is C31H21IN4O10. The fourth-order valence-corrected chi connectivity index (χ4v) is 5.11. The molecule has 1 heterocycles. The second kappa shape index (κ2) is 13.4. The van der Waals surface area contributed by atoms with Crippen molar-refractivity contribution in [3.05, 3.63) is 125 Å². The molecular weight excluding hydrogens is 715 g/mol. The lowest BCUT2D eigenvalue weighted by molar-refractivity contribution is -0.394. The molecule has 0 saturated carbocycles. The van der Waals surface area contributed by atoms with Crippen LogP contribution in [0.5, 0.6) is 23.0 Å². The van der Waals surface area contributed by atoms with Gasteiger partial charge in [-0.3, -0.25) is 35.1 Å². The van der Waals surface area contributed by atoms with Crippen molar-refractivity contribution in [3.8, 4) is 23.0 Å². The number of non-ortho nitro benzene ring substituents is 1. The standard InChI is InChI=1S/C31H21IN4O10/c1-44-27-15-19(14-24(32)28(27)46-26-12-9-21(35(40)41)16-25(26)36(42)43)13-23-29(37)33-31(39)34(30(23)38)20-7-10-22(11-8-20)45-17-18-5-3-2-4-6-18/h2-16H,17H2,1H3,(H,33,37,39)/b23-13+. The van der Waals surface area contributed by atoms with Crippen LogP contribution in [0, 0.1) is 23.8 Å². The maximum atomic E-state index is 13.4. The molecule has 1 N–H and O–H groups in total. The second-order valence-corrected chi connectivity index (χ2v) is 10.7. The van der Waals surface area contributed by atoms with Gasteiger partial charge < -0.3 is 14.2 Å². The number of imide groups is 2. The number of benzene rings is 4. The van der Waals surface area contributed by atoms with Gasteiger partial charge in [0.15, 0.2) is 11.5 Å². The number of anilines is 1. The van der Waals surface area contributed by atoms with Gasteiger partial charge in [-0.2, -0.15) is 0 Å². The SMILES string of the molecule is COc1cc(/C=C2\C(=O)NC(=O)N(c3ccc(OCc4ccccc4)cc3)C2=O)cc(I)c1Oc1ccc([N+](=O)[O-])cc1[N+](=O)[O-]. The molecule has 0 aliphatic carbocycles. The molecule has 4 aromatic carbocycles. The molecule has 1 saturated heterocycles. The van der Waals surface area contributed by atoms with Gasteiger partial charge in [0.1, 0.15) is 17.9 Å². The number of methoxy groups -OCH3 is 1. The third-order valence-electron chi connectivity index (χ3n) is 6.57. The van der Waals surface area contributed by atoms with Crippen molar-refractivity contribution in [2.75, 3.05) is 12.0 Å². The minimum atomic E-state index is -0.925. The van der Waals surface area contributed by atoms with Gasteiger partial charge in [0, 0.05) is 6.07 Å². The summed E-state index contributed by atoms with van der Waals surface area (Å²) in [6.07, 6.45) is 1.26. The molecule has 15 heteroatoms. The number of carbonyl (C=O) groups excluding carboxylic acids is 3. The van der Waals surface area contributed by atoms with E-state index in [1.54, 1.807) is 12.1 Å². The number of hydrogen-bond acceptors (Lipinski definition) is 10. The minimum Gasteiger partial charge on any atom is -0.493 e. The van der Waals surface area contributed by atoms with Crippen LogP contribution in [-0.4, -0.2) is 34.8 Å². The van der Waals surface area contributed by atoms with Gasteiger partial charge in [-0.1, -0.05) is 30.3 Å². The number of rotatable bonds is 10. The molecule has 1 aliphatic rings. The Morgan fingerprint density at radius 1 is 0.891 bits per heavy atom. The summed E-state index contributed by atoms with van der Waals surface area (Å²) in [7, 11) is 1.31. The van der Waals surface area contributed by atoms with E-state index in [-0.39, 0.29) is 28.5 Å². The number of urea groups is 1. The summed E-state index contributed by atoms with van der Waals surface area (Å²) in [6, 6.07) is 20.7. The number of ether oxygens (including phenoxy) is 3. The summed E-state index contributed by atoms with van der Waals surface area (Å²) in [5.74, 6) is -1.42. The van der Waals surface area contributed by atoms with Gasteiger partial charge in [0.25, 0.3) is 17.5 Å². The molecule has 1 fully saturated rings. The molecule has 0 bridgehead atoms. The van der Waals surface area contributed by atoms with Gasteiger partial charge in [-0.05, 0) is 82.3 Å². The van der Waals surface area contributed by atoms with Crippen molar-refractivity contribution in [1.82, 2.24) is 5.32 Å². The Morgan fingerprint density at radius 3 is 2.26 bits per heavy atom. The summed E-state index contributed by atoms with van der Waals surface area (Å²) in [5.41, 5.74) is 0.00425. The van der Waals surface area contributed by atoms with E-state index < -0.39 is 39.1 Å². The molecule has 0 radical (unpaired) electrons. The maximum Gasteiger partial charge on any atom is 0.335 e. The number of carbonyl (C=O) groups is 3. The lowest BCUT2D eigenvalue weighted by atomic mass is 10.1. The zero-order chi connectivity index (χ0) is 33.0. The van der Waals surface area contributed by atoms with E-state index in [9.17, 15) is 34.6 Å². The van der Waals surface area contributed by atoms with Crippen LogP contribution in [0.2, 0.25) is 0 Å². The number of barbiturate groups is 1. The first-order valence-corrected chi connectivity index (χ1v) is 14.3. The fraction of sp³-hybridized carbons (Fsp3) is 0.0645. The van der Waals surface area contributed by atoms with E-state index in [0.29, 0.717) is 21.5 Å². The number of hydrogen-bond donors (Lipinski definition) is 1. The van der Waals surface area contributed by atoms with Crippen LogP contribution in [0.25, 0.3) is 6.08 Å². The van der Waals surface area contributed by atoms with E-state index in [2.05, 4.69) is 5.32 Å². The first-order valence-electron chi connectivity index (χ1n) is 13.2. The summed E-state index contributed by atoms with van der Waals surface area (Å²) in [6.45, 7) is 0.321. The van der Waals surface area contributed by atoms with Gasteiger partial charge in [0.2, 0.25) is 5.75 Å². The zero-order valence-electron chi connectivity index (χ0n) is 23.7. The third kappa shape index (κ3) is 6.78. The van der Waals surface area contributed by atoms with Gasteiger partial charge in [-0.25, -0.2) is 9.69 Å². The molecule has 0 unspecified atom stereocenters. The van der Waals surface area contributed by atoms with E-state index in [1.807, 2.05) is 52.9 Å². The number of nitro groups is 2. The Balaban J connectivity index is 1.40. The van der Waals surface area contributed by atoms with Crippen molar-refractivity contribution >= 4 is 63.6 Å². The number of nitrogens with zero attached hydrogens (tertiary/aromatic N) is 3. The zero-order valence-corrected chi connectivity index (χ0v) is 25.8. The Kier molecular flexibility index (Phi) is 9.22. The highest BCUT2D eigenvalue weighted by Crippen LogP contribution is 2.41. The van der Waals surface area contributed by atoms with E-state index in [4.69, 9.17) is 14.2 Å². The number of nitrogens with one attached hydrogen (secondary N) is 1. The number of halogens is 1. The molecule has 0 atom stereocenters. The molecule has 0 spiro atoms. The van der Waals surface area contributed by atoms with Crippen LogP contribution in [0.1, 0.15) is 11.1 Å². The van der Waals surface area contributed by atoms with Crippen molar-refractivity contribution < 1.29 is 38.4 Å². The Labute approximate surface area is 273 Å².